The molecule has 0 saturated carbocycles. The number of carboxylic acids is 1. The Bertz CT molecular complexity index is 1530. The largest absolute Gasteiger partial charge is 0.481 e. The molecule has 214 valence electrons. The fourth-order valence-corrected chi connectivity index (χ4v) is 6.65. The maximum Gasteiger partial charge on any atom is 0.303 e. The smallest absolute Gasteiger partial charge is 0.303 e. The number of unbranched alkanes of at least 4 members (excludes halogenated alkanes) is 2. The van der Waals surface area contributed by atoms with E-state index in [1.165, 1.54) is 28.6 Å². The second-order valence-corrected chi connectivity index (χ2v) is 13.2. The molecule has 0 fully saturated rings. The summed E-state index contributed by atoms with van der Waals surface area (Å²) in [6.45, 7) is 14.3. The molecule has 0 atom stereocenters. The monoisotopic (exact) mass is 565 g/mol. The van der Waals surface area contributed by atoms with Gasteiger partial charge in [-0.3, -0.25) is 9.35 Å². The molecule has 0 bridgehead atoms. The molecule has 2 heterocycles. The number of carboxylic acid groups (broad SMARTS) is 1. The predicted molar refractivity (Wildman–Crippen MR) is 160 cm³/mol. The van der Waals surface area contributed by atoms with Gasteiger partial charge in [0.25, 0.3) is 10.1 Å². The van der Waals surface area contributed by atoms with Gasteiger partial charge in [0.1, 0.15) is 6.54 Å². The number of allylic oxidation sites excluding steroid dienone is 4. The second kappa shape index (κ2) is 11.0. The molecule has 0 unspecified atom stereocenters. The molecule has 8 heteroatoms. The van der Waals surface area contributed by atoms with Gasteiger partial charge in [-0.2, -0.15) is 13.0 Å². The van der Waals surface area contributed by atoms with E-state index in [4.69, 9.17) is 5.11 Å². The molecule has 2 aromatic carbocycles. The Morgan fingerprint density at radius 1 is 1.00 bits per heavy atom. The maximum absolute atomic E-state index is 11.8. The van der Waals surface area contributed by atoms with E-state index in [2.05, 4.69) is 87.4 Å². The van der Waals surface area contributed by atoms with Gasteiger partial charge in [-0.05, 0) is 76.4 Å². The summed E-state index contributed by atoms with van der Waals surface area (Å²) in [4.78, 5) is 13.0. The summed E-state index contributed by atoms with van der Waals surface area (Å²) >= 11 is 0. The Morgan fingerprint density at radius 2 is 1.73 bits per heavy atom. The number of fused-ring (bicyclic) bond motifs is 2. The Labute approximate surface area is 238 Å². The van der Waals surface area contributed by atoms with Gasteiger partial charge in [0.2, 0.25) is 5.69 Å². The minimum absolute atomic E-state index is 0.0949. The van der Waals surface area contributed by atoms with Gasteiger partial charge < -0.3 is 10.0 Å². The maximum atomic E-state index is 11.8. The van der Waals surface area contributed by atoms with E-state index in [9.17, 15) is 17.8 Å². The normalized spacial score (nSPS) is 18.6. The van der Waals surface area contributed by atoms with Crippen molar-refractivity contribution in [1.82, 2.24) is 0 Å². The summed E-state index contributed by atoms with van der Waals surface area (Å²) in [5.74, 6) is -0.751. The third-order valence-electron chi connectivity index (χ3n) is 8.31. The molecule has 2 N–H and O–H groups in total. The van der Waals surface area contributed by atoms with Gasteiger partial charge in [-0.15, -0.1) is 0 Å². The van der Waals surface area contributed by atoms with Crippen LogP contribution < -0.4 is 4.90 Å². The van der Waals surface area contributed by atoms with Gasteiger partial charge in [-0.1, -0.05) is 31.6 Å². The minimum atomic E-state index is -4.30. The van der Waals surface area contributed by atoms with E-state index < -0.39 is 21.5 Å². The number of hydrogen-bond donors (Lipinski definition) is 2. The molecule has 7 nitrogen and oxygen atoms in total. The molecule has 0 aromatic heterocycles. The average Bonchev–Trinajstić information content (AvgIpc) is 3.21. The fourth-order valence-electron chi connectivity index (χ4n) is 6.14. The zero-order chi connectivity index (χ0) is 29.5. The Kier molecular flexibility index (Phi) is 8.16. The van der Waals surface area contributed by atoms with Crippen LogP contribution in [-0.2, 0) is 25.7 Å². The Morgan fingerprint density at radius 3 is 2.38 bits per heavy atom. The molecular formula is C32H41N2O5S+. The number of aryl methyl sites for hydroxylation is 1. The zero-order valence-corrected chi connectivity index (χ0v) is 25.2. The summed E-state index contributed by atoms with van der Waals surface area (Å²) < 4.78 is 35.6. The summed E-state index contributed by atoms with van der Waals surface area (Å²) in [5, 5.41) is 8.99. The van der Waals surface area contributed by atoms with Crippen molar-refractivity contribution in [3.05, 3.63) is 77.0 Å². The van der Waals surface area contributed by atoms with Crippen molar-refractivity contribution in [3.8, 4) is 0 Å². The predicted octanol–water partition coefficient (Wildman–Crippen LogP) is 6.52. The van der Waals surface area contributed by atoms with Crippen LogP contribution in [-0.4, -0.2) is 47.4 Å². The van der Waals surface area contributed by atoms with Crippen LogP contribution in [0.1, 0.15) is 77.0 Å². The number of likely N-dealkylation sites (N-methyl/N-ethyl adjacent to an activating group) is 1. The lowest BCUT2D eigenvalue weighted by atomic mass is 9.80. The van der Waals surface area contributed by atoms with E-state index in [0.717, 1.165) is 42.9 Å². The van der Waals surface area contributed by atoms with E-state index in [1.807, 2.05) is 0 Å². The van der Waals surface area contributed by atoms with Crippen LogP contribution in [0.2, 0.25) is 0 Å². The summed E-state index contributed by atoms with van der Waals surface area (Å²) in [6.07, 6.45) is 9.00. The SMILES string of the molecule is CCN1/C(=C/C=C/C2=[N+](CCCCCC(=O)O)c3ccc(C)cc3C2(C)C)C(C)(C)c2cc(S(=O)(=O)O)ccc21. The lowest BCUT2D eigenvalue weighted by Gasteiger charge is -2.25. The van der Waals surface area contributed by atoms with Crippen molar-refractivity contribution in [3.63, 3.8) is 0 Å². The molecule has 2 aromatic rings. The van der Waals surface area contributed by atoms with Gasteiger partial charge in [-0.25, -0.2) is 0 Å². The lowest BCUT2D eigenvalue weighted by molar-refractivity contribution is -0.438. The quantitative estimate of drug-likeness (QED) is 0.193. The third-order valence-corrected chi connectivity index (χ3v) is 9.15. The number of nitrogens with zero attached hydrogens (tertiary/aromatic N) is 2. The number of hydrogen-bond acceptors (Lipinski definition) is 4. The first kappa shape index (κ1) is 29.7. The highest BCUT2D eigenvalue weighted by Crippen LogP contribution is 2.48. The zero-order valence-electron chi connectivity index (χ0n) is 24.4. The number of aliphatic carboxylic acids is 1. The first-order valence-electron chi connectivity index (χ1n) is 14.0. The Hall–Kier alpha value is -3.23. The highest BCUT2D eigenvalue weighted by atomic mass is 32.2. The molecule has 0 aliphatic carbocycles. The molecule has 40 heavy (non-hydrogen) atoms. The lowest BCUT2D eigenvalue weighted by Crippen LogP contribution is -2.28. The molecule has 2 aliphatic heterocycles. The molecule has 0 radical (unpaired) electrons. The van der Waals surface area contributed by atoms with Crippen molar-refractivity contribution in [2.24, 2.45) is 0 Å². The standard InChI is InChI=1S/C32H40N2O5S/c1-7-33-26-18-16-23(40(37,38)39)21-25(26)32(5,6)28(33)12-11-13-29-31(3,4)24-20-22(2)15-17-27(24)34(29)19-10-8-9-14-30(35)36/h11-13,15-18,20-21H,7-10,14,19H2,1-6H3,(H-,35,36,37,38,39)/p+1. The molecular weight excluding hydrogens is 524 g/mol. The Balaban J connectivity index is 1.70. The van der Waals surface area contributed by atoms with Gasteiger partial charge in [0.05, 0.1) is 10.3 Å². The number of carbonyl (C=O) groups is 1. The van der Waals surface area contributed by atoms with Crippen molar-refractivity contribution >= 4 is 33.2 Å². The topological polar surface area (TPSA) is 97.9 Å². The first-order valence-corrected chi connectivity index (χ1v) is 15.4. The van der Waals surface area contributed by atoms with Crippen molar-refractivity contribution in [2.75, 3.05) is 18.0 Å². The number of anilines is 1. The van der Waals surface area contributed by atoms with Crippen molar-refractivity contribution < 1.29 is 27.4 Å². The van der Waals surface area contributed by atoms with Crippen LogP contribution in [0.3, 0.4) is 0 Å². The van der Waals surface area contributed by atoms with Crippen LogP contribution in [0.4, 0.5) is 11.4 Å². The van der Waals surface area contributed by atoms with Crippen LogP contribution in [0.5, 0.6) is 0 Å². The highest BCUT2D eigenvalue weighted by Gasteiger charge is 2.44. The van der Waals surface area contributed by atoms with Gasteiger partial charge in [0, 0.05) is 53.9 Å². The minimum Gasteiger partial charge on any atom is -0.481 e. The highest BCUT2D eigenvalue weighted by molar-refractivity contribution is 7.85. The molecule has 0 amide bonds. The summed E-state index contributed by atoms with van der Waals surface area (Å²) in [5.41, 5.74) is 7.08. The van der Waals surface area contributed by atoms with Crippen molar-refractivity contribution in [1.29, 1.82) is 0 Å². The molecule has 0 saturated heterocycles. The fraction of sp³-hybridized carbons (Fsp3) is 0.438. The summed E-state index contributed by atoms with van der Waals surface area (Å²) in [7, 11) is -4.30. The van der Waals surface area contributed by atoms with E-state index in [0.29, 0.717) is 6.42 Å². The number of benzene rings is 2. The number of rotatable bonds is 10. The molecule has 4 rings (SSSR count). The second-order valence-electron chi connectivity index (χ2n) is 11.8. The van der Waals surface area contributed by atoms with Gasteiger partial charge >= 0.3 is 5.97 Å². The van der Waals surface area contributed by atoms with Gasteiger partial charge in [0.15, 0.2) is 5.71 Å². The molecule has 2 aliphatic rings. The van der Waals surface area contributed by atoms with Crippen LogP contribution >= 0.6 is 0 Å². The van der Waals surface area contributed by atoms with Crippen LogP contribution in [0.15, 0.2) is 65.2 Å². The molecule has 0 spiro atoms. The van der Waals surface area contributed by atoms with E-state index >= 15 is 0 Å². The van der Waals surface area contributed by atoms with E-state index in [1.54, 1.807) is 12.1 Å². The van der Waals surface area contributed by atoms with E-state index in [-0.39, 0.29) is 16.7 Å². The first-order chi connectivity index (χ1) is 18.7. The van der Waals surface area contributed by atoms with Crippen LogP contribution in [0, 0.1) is 6.92 Å². The van der Waals surface area contributed by atoms with Crippen LogP contribution in [0.25, 0.3) is 0 Å². The third kappa shape index (κ3) is 5.52. The van der Waals surface area contributed by atoms with Crippen molar-refractivity contribution in [2.45, 2.75) is 83.0 Å². The summed E-state index contributed by atoms with van der Waals surface area (Å²) in [6, 6.07) is 11.4. The average molecular weight is 566 g/mol.